The number of H-pyrrole nitrogens is 1. The van der Waals surface area contributed by atoms with Crippen molar-refractivity contribution in [2.24, 2.45) is 5.92 Å². The van der Waals surface area contributed by atoms with Crippen LogP contribution in [-0.2, 0) is 33.8 Å². The van der Waals surface area contributed by atoms with Gasteiger partial charge in [-0.2, -0.15) is 5.10 Å². The first-order valence-electron chi connectivity index (χ1n) is 17.8. The molecule has 3 heterocycles. The van der Waals surface area contributed by atoms with E-state index in [-0.39, 0.29) is 24.2 Å². The molecule has 0 spiro atoms. The number of ether oxygens (including phenoxy) is 1. The van der Waals surface area contributed by atoms with E-state index < -0.39 is 35.8 Å². The highest BCUT2D eigenvalue weighted by atomic mass is 16.5. The summed E-state index contributed by atoms with van der Waals surface area (Å²) in [7, 11) is 1.56. The molecule has 5 N–H and O–H groups in total. The number of aromatic amines is 1. The maximum atomic E-state index is 13.8. The summed E-state index contributed by atoms with van der Waals surface area (Å²) < 4.78 is 5.25. The minimum absolute atomic E-state index is 0.145. The van der Waals surface area contributed by atoms with Gasteiger partial charge in [0.2, 0.25) is 17.7 Å². The van der Waals surface area contributed by atoms with Crippen LogP contribution in [0, 0.1) is 5.92 Å². The maximum absolute atomic E-state index is 13.8. The van der Waals surface area contributed by atoms with E-state index in [0.717, 1.165) is 29.7 Å². The molecule has 2 bridgehead atoms. The lowest BCUT2D eigenvalue weighted by molar-refractivity contribution is -0.132. The van der Waals surface area contributed by atoms with Crippen LogP contribution >= 0.6 is 0 Å². The second kappa shape index (κ2) is 18.7. The lowest BCUT2D eigenvalue weighted by Gasteiger charge is -2.27. The monoisotopic (exact) mass is 701 g/mol. The summed E-state index contributed by atoms with van der Waals surface area (Å²) in [5, 5.41) is 18.5. The molecule has 13 heteroatoms. The van der Waals surface area contributed by atoms with Crippen molar-refractivity contribution in [1.82, 2.24) is 36.4 Å². The van der Waals surface area contributed by atoms with Gasteiger partial charge in [-0.25, -0.2) is 0 Å². The zero-order valence-electron chi connectivity index (χ0n) is 30.2. The van der Waals surface area contributed by atoms with Crippen molar-refractivity contribution >= 4 is 29.5 Å². The number of hydrogen-bond acceptors (Lipinski definition) is 7. The van der Waals surface area contributed by atoms with Crippen molar-refractivity contribution in [3.8, 4) is 5.75 Å². The fraction of sp³-hybridized carbons (Fsp3) is 0.474. The first-order chi connectivity index (χ1) is 24.5. The van der Waals surface area contributed by atoms with Crippen LogP contribution in [0.25, 0.3) is 0 Å². The summed E-state index contributed by atoms with van der Waals surface area (Å²) in [6, 6.07) is 13.0. The van der Waals surface area contributed by atoms with Gasteiger partial charge in [-0.1, -0.05) is 57.9 Å². The molecule has 2 aromatic carbocycles. The molecule has 1 aromatic heterocycles. The van der Waals surface area contributed by atoms with E-state index in [1.807, 2.05) is 13.8 Å². The zero-order valence-corrected chi connectivity index (χ0v) is 30.2. The zero-order chi connectivity index (χ0) is 36.9. The Hall–Kier alpha value is -5.20. The van der Waals surface area contributed by atoms with Gasteiger partial charge in [0.05, 0.1) is 7.11 Å². The molecule has 0 saturated carbocycles. The molecule has 0 fully saturated rings. The second-order valence-electron chi connectivity index (χ2n) is 13.1. The molecular weight excluding hydrogens is 650 g/mol. The van der Waals surface area contributed by atoms with Crippen LogP contribution in [0.2, 0.25) is 0 Å². The number of hydrogen-bond donors (Lipinski definition) is 5. The summed E-state index contributed by atoms with van der Waals surface area (Å²) in [5.74, 6) is -1.70. The van der Waals surface area contributed by atoms with E-state index in [9.17, 15) is 24.0 Å². The van der Waals surface area contributed by atoms with E-state index in [0.29, 0.717) is 55.9 Å². The molecule has 2 aliphatic heterocycles. The molecule has 0 aliphatic carbocycles. The molecule has 4 atom stereocenters. The summed E-state index contributed by atoms with van der Waals surface area (Å²) in [5.41, 5.74) is 3.16. The summed E-state index contributed by atoms with van der Waals surface area (Å²) in [4.78, 5) is 69.3. The fourth-order valence-electron chi connectivity index (χ4n) is 5.83. The van der Waals surface area contributed by atoms with Gasteiger partial charge in [0, 0.05) is 37.3 Å². The maximum Gasteiger partial charge on any atom is 0.274 e. The Morgan fingerprint density at radius 3 is 2.33 bits per heavy atom. The third-order valence-corrected chi connectivity index (χ3v) is 9.17. The van der Waals surface area contributed by atoms with Gasteiger partial charge >= 0.3 is 0 Å². The third-order valence-electron chi connectivity index (χ3n) is 9.17. The molecule has 274 valence electrons. The Labute approximate surface area is 299 Å². The van der Waals surface area contributed by atoms with Crippen molar-refractivity contribution in [2.75, 3.05) is 20.2 Å². The smallest absolute Gasteiger partial charge is 0.274 e. The van der Waals surface area contributed by atoms with E-state index in [2.05, 4.69) is 38.4 Å². The Kier molecular flexibility index (Phi) is 14.2. The van der Waals surface area contributed by atoms with Gasteiger partial charge in [0.25, 0.3) is 11.8 Å². The van der Waals surface area contributed by atoms with Gasteiger partial charge in [-0.05, 0) is 73.6 Å². The fourth-order valence-corrected chi connectivity index (χ4v) is 5.83. The van der Waals surface area contributed by atoms with E-state index >= 15 is 0 Å². The molecule has 0 radical (unpaired) electrons. The summed E-state index contributed by atoms with van der Waals surface area (Å²) in [6.45, 7) is 8.46. The quantitative estimate of drug-likeness (QED) is 0.224. The molecule has 5 rings (SSSR count). The molecule has 0 saturated heterocycles. The lowest BCUT2D eigenvalue weighted by Crippen LogP contribution is -2.58. The predicted octanol–water partition coefficient (Wildman–Crippen LogP) is 3.30. The Morgan fingerprint density at radius 2 is 1.67 bits per heavy atom. The first-order valence-corrected chi connectivity index (χ1v) is 17.8. The van der Waals surface area contributed by atoms with Crippen LogP contribution in [0.5, 0.6) is 5.75 Å². The highest BCUT2D eigenvalue weighted by molar-refractivity contribution is 5.99. The van der Waals surface area contributed by atoms with Crippen molar-refractivity contribution in [3.05, 3.63) is 82.7 Å². The first kappa shape index (κ1) is 38.6. The van der Waals surface area contributed by atoms with Gasteiger partial charge in [0.15, 0.2) is 0 Å². The Balaban J connectivity index is 1.60. The van der Waals surface area contributed by atoms with E-state index in [4.69, 9.17) is 4.74 Å². The average Bonchev–Trinajstić information content (AvgIpc) is 3.61. The summed E-state index contributed by atoms with van der Waals surface area (Å²) >= 11 is 0. The minimum atomic E-state index is -1.03. The molecule has 51 heavy (non-hydrogen) atoms. The SMILES string of the molecule is CCCc1cc(C(=O)N2CCCCNC(=O)[C@@H](C)NC(=O)[C@H](Cc3ccc(OC)cc3)NC(=O)C([C@@H](C)CC)NC(=O)c3ccc(cc3)C2)n[nH]1. The van der Waals surface area contributed by atoms with E-state index in [1.165, 1.54) is 0 Å². The van der Waals surface area contributed by atoms with Crippen molar-refractivity contribution in [3.63, 3.8) is 0 Å². The number of carbonyl (C=O) groups excluding carboxylic acids is 5. The predicted molar refractivity (Wildman–Crippen MR) is 193 cm³/mol. The number of aromatic nitrogens is 2. The standard InChI is InChI=1S/C38H51N7O6/c1-6-10-29-22-32(44-43-29)38(50)45-20-9-8-19-39-34(46)25(4)40-36(48)31(21-26-13-17-30(51-5)18-14-26)41-37(49)33(24(3)7-2)42-35(47)28-15-11-27(23-45)12-16-28/h11-18,22,24-25,31,33H,6-10,19-21,23H2,1-5H3,(H,39,46)(H,40,48)(H,41,49)(H,42,47)(H,43,44)/t24-,25+,31-,33?/m0/s1. The van der Waals surface area contributed by atoms with Crippen molar-refractivity contribution in [2.45, 2.75) is 90.9 Å². The number of amides is 5. The number of benzene rings is 2. The van der Waals surface area contributed by atoms with Crippen molar-refractivity contribution < 1.29 is 28.7 Å². The number of aryl methyl sites for hydroxylation is 1. The number of nitrogens with one attached hydrogen (secondary N) is 5. The number of carbonyl (C=O) groups is 5. The van der Waals surface area contributed by atoms with Gasteiger partial charge in [-0.15, -0.1) is 0 Å². The largest absolute Gasteiger partial charge is 0.497 e. The van der Waals surface area contributed by atoms with Crippen LogP contribution in [0.4, 0.5) is 0 Å². The second-order valence-corrected chi connectivity index (χ2v) is 13.1. The number of nitrogens with zero attached hydrogens (tertiary/aromatic N) is 2. The van der Waals surface area contributed by atoms with Crippen LogP contribution in [0.1, 0.15) is 91.0 Å². The van der Waals surface area contributed by atoms with Gasteiger partial charge < -0.3 is 30.9 Å². The molecule has 1 unspecified atom stereocenters. The van der Waals surface area contributed by atoms with Crippen LogP contribution in [-0.4, -0.2) is 83.0 Å². The molecular formula is C38H51N7O6. The number of methoxy groups -OCH3 is 1. The Morgan fingerprint density at radius 1 is 0.941 bits per heavy atom. The lowest BCUT2D eigenvalue weighted by atomic mass is 9.96. The molecule has 13 nitrogen and oxygen atoms in total. The van der Waals surface area contributed by atoms with Gasteiger partial charge in [0.1, 0.15) is 29.6 Å². The molecule has 3 aromatic rings. The summed E-state index contributed by atoms with van der Waals surface area (Å²) in [6.07, 6.45) is 3.62. The Bertz CT molecular complexity index is 1640. The highest BCUT2D eigenvalue weighted by Gasteiger charge is 2.31. The van der Waals surface area contributed by atoms with Gasteiger partial charge in [-0.3, -0.25) is 29.1 Å². The van der Waals surface area contributed by atoms with Crippen LogP contribution in [0.15, 0.2) is 54.6 Å². The number of fused-ring (bicyclic) bond motifs is 18. The van der Waals surface area contributed by atoms with E-state index in [1.54, 1.807) is 73.5 Å². The third kappa shape index (κ3) is 10.9. The molecule has 2 aliphatic rings. The topological polar surface area (TPSA) is 175 Å². The molecule has 5 amide bonds. The normalized spacial score (nSPS) is 20.3. The minimum Gasteiger partial charge on any atom is -0.497 e. The highest BCUT2D eigenvalue weighted by Crippen LogP contribution is 2.17. The van der Waals surface area contributed by atoms with Crippen LogP contribution in [0.3, 0.4) is 0 Å². The van der Waals surface area contributed by atoms with Crippen molar-refractivity contribution in [1.29, 1.82) is 0 Å². The number of rotatable bonds is 8. The van der Waals surface area contributed by atoms with Crippen LogP contribution < -0.4 is 26.0 Å². The average molecular weight is 702 g/mol.